The van der Waals surface area contributed by atoms with Gasteiger partial charge in [-0.3, -0.25) is 5.10 Å². The number of para-hydroxylation sites is 1. The number of hydrogen-bond acceptors (Lipinski definition) is 2. The number of rotatable bonds is 1. The van der Waals surface area contributed by atoms with Gasteiger partial charge in [-0.25, -0.2) is 0 Å². The van der Waals surface area contributed by atoms with Crippen molar-refractivity contribution in [3.63, 3.8) is 0 Å². The lowest BCUT2D eigenvalue weighted by Gasteiger charge is -2.38. The Morgan fingerprint density at radius 3 is 2.87 bits per heavy atom. The van der Waals surface area contributed by atoms with Crippen molar-refractivity contribution in [1.29, 1.82) is 0 Å². The molecule has 78 valence electrons. The van der Waals surface area contributed by atoms with Crippen molar-refractivity contribution < 1.29 is 0 Å². The van der Waals surface area contributed by atoms with Gasteiger partial charge in [-0.1, -0.05) is 18.2 Å². The van der Waals surface area contributed by atoms with Crippen LogP contribution in [0.2, 0.25) is 0 Å². The SMILES string of the molecule is NC1(c2cccc3c(Br)[nH]nc23)CCC1. The van der Waals surface area contributed by atoms with Gasteiger partial charge in [0.2, 0.25) is 0 Å². The zero-order valence-corrected chi connectivity index (χ0v) is 9.84. The van der Waals surface area contributed by atoms with E-state index in [1.54, 1.807) is 0 Å². The Labute approximate surface area is 96.2 Å². The molecule has 0 unspecified atom stereocenters. The van der Waals surface area contributed by atoms with E-state index in [1.807, 2.05) is 6.07 Å². The first-order valence-corrected chi connectivity index (χ1v) is 5.92. The zero-order chi connectivity index (χ0) is 10.5. The highest BCUT2D eigenvalue weighted by Crippen LogP contribution is 2.41. The Hall–Kier alpha value is -0.870. The fourth-order valence-corrected chi connectivity index (χ4v) is 2.64. The number of aromatic nitrogens is 2. The molecule has 0 amide bonds. The van der Waals surface area contributed by atoms with Gasteiger partial charge >= 0.3 is 0 Å². The number of fused-ring (bicyclic) bond motifs is 1. The van der Waals surface area contributed by atoms with Crippen LogP contribution in [0.4, 0.5) is 0 Å². The van der Waals surface area contributed by atoms with Crippen molar-refractivity contribution in [3.05, 3.63) is 28.4 Å². The van der Waals surface area contributed by atoms with Crippen LogP contribution in [0, 0.1) is 0 Å². The number of nitrogens with one attached hydrogen (secondary N) is 1. The Morgan fingerprint density at radius 2 is 2.20 bits per heavy atom. The molecule has 1 aromatic heterocycles. The first-order valence-electron chi connectivity index (χ1n) is 5.13. The fraction of sp³-hybridized carbons (Fsp3) is 0.364. The van der Waals surface area contributed by atoms with Gasteiger partial charge in [0.1, 0.15) is 4.60 Å². The summed E-state index contributed by atoms with van der Waals surface area (Å²) < 4.78 is 0.933. The summed E-state index contributed by atoms with van der Waals surface area (Å²) in [5.74, 6) is 0. The molecule has 1 aromatic carbocycles. The summed E-state index contributed by atoms with van der Waals surface area (Å²) in [4.78, 5) is 0. The van der Waals surface area contributed by atoms with Crippen molar-refractivity contribution in [2.45, 2.75) is 24.8 Å². The van der Waals surface area contributed by atoms with Gasteiger partial charge in [0.05, 0.1) is 5.52 Å². The highest BCUT2D eigenvalue weighted by molar-refractivity contribution is 9.10. The van der Waals surface area contributed by atoms with E-state index in [2.05, 4.69) is 38.3 Å². The molecule has 3 rings (SSSR count). The van der Waals surface area contributed by atoms with E-state index in [9.17, 15) is 0 Å². The van der Waals surface area contributed by atoms with Gasteiger partial charge in [0, 0.05) is 16.5 Å². The van der Waals surface area contributed by atoms with E-state index >= 15 is 0 Å². The summed E-state index contributed by atoms with van der Waals surface area (Å²) >= 11 is 3.45. The maximum atomic E-state index is 6.33. The molecule has 0 bridgehead atoms. The smallest absolute Gasteiger partial charge is 0.108 e. The molecule has 0 saturated heterocycles. The van der Waals surface area contributed by atoms with Crippen LogP contribution in [0.1, 0.15) is 24.8 Å². The zero-order valence-electron chi connectivity index (χ0n) is 8.26. The van der Waals surface area contributed by atoms with Gasteiger partial charge in [-0.15, -0.1) is 0 Å². The fourth-order valence-electron chi connectivity index (χ4n) is 2.24. The maximum Gasteiger partial charge on any atom is 0.108 e. The summed E-state index contributed by atoms with van der Waals surface area (Å²) in [5.41, 5.74) is 8.37. The minimum atomic E-state index is -0.145. The van der Waals surface area contributed by atoms with Crippen LogP contribution < -0.4 is 5.73 Å². The molecule has 0 spiro atoms. The normalized spacial score (nSPS) is 19.1. The predicted octanol–water partition coefficient (Wildman–Crippen LogP) is 2.66. The van der Waals surface area contributed by atoms with Gasteiger partial charge < -0.3 is 5.73 Å². The van der Waals surface area contributed by atoms with E-state index in [1.165, 1.54) is 12.0 Å². The number of nitrogens with zero attached hydrogens (tertiary/aromatic N) is 1. The van der Waals surface area contributed by atoms with Crippen molar-refractivity contribution in [2.24, 2.45) is 5.73 Å². The second-order valence-corrected chi connectivity index (χ2v) is 5.04. The van der Waals surface area contributed by atoms with Gasteiger partial charge in [-0.05, 0) is 35.2 Å². The van der Waals surface area contributed by atoms with Crippen molar-refractivity contribution in [1.82, 2.24) is 10.2 Å². The van der Waals surface area contributed by atoms with Crippen LogP contribution in [-0.4, -0.2) is 10.2 Å². The van der Waals surface area contributed by atoms with E-state index in [0.717, 1.165) is 28.3 Å². The summed E-state index contributed by atoms with van der Waals surface area (Å²) in [7, 11) is 0. The third-order valence-electron chi connectivity index (χ3n) is 3.32. The third kappa shape index (κ3) is 1.25. The summed E-state index contributed by atoms with van der Waals surface area (Å²) in [6.07, 6.45) is 3.35. The highest BCUT2D eigenvalue weighted by atomic mass is 79.9. The van der Waals surface area contributed by atoms with E-state index < -0.39 is 0 Å². The second kappa shape index (κ2) is 3.06. The second-order valence-electron chi connectivity index (χ2n) is 4.25. The summed E-state index contributed by atoms with van der Waals surface area (Å²) in [6, 6.07) is 6.19. The molecule has 2 aromatic rings. The van der Waals surface area contributed by atoms with E-state index in [-0.39, 0.29) is 5.54 Å². The average Bonchev–Trinajstić information content (AvgIpc) is 2.57. The molecule has 1 aliphatic carbocycles. The van der Waals surface area contributed by atoms with E-state index in [0.29, 0.717) is 0 Å². The molecule has 3 nitrogen and oxygen atoms in total. The topological polar surface area (TPSA) is 54.7 Å². The summed E-state index contributed by atoms with van der Waals surface area (Å²) in [6.45, 7) is 0. The van der Waals surface area contributed by atoms with Crippen molar-refractivity contribution in [2.75, 3.05) is 0 Å². The molecule has 1 heterocycles. The lowest BCUT2D eigenvalue weighted by Crippen LogP contribution is -2.43. The molecule has 0 aliphatic heterocycles. The predicted molar refractivity (Wildman–Crippen MR) is 63.5 cm³/mol. The van der Waals surface area contributed by atoms with Crippen LogP contribution in [-0.2, 0) is 5.54 Å². The van der Waals surface area contributed by atoms with Crippen LogP contribution in [0.5, 0.6) is 0 Å². The Bertz CT molecular complexity index is 514. The van der Waals surface area contributed by atoms with Crippen LogP contribution in [0.3, 0.4) is 0 Å². The monoisotopic (exact) mass is 265 g/mol. The van der Waals surface area contributed by atoms with Crippen molar-refractivity contribution >= 4 is 26.8 Å². The molecule has 3 N–H and O–H groups in total. The number of H-pyrrole nitrogens is 1. The van der Waals surface area contributed by atoms with Gasteiger partial charge in [0.15, 0.2) is 0 Å². The molecule has 0 atom stereocenters. The molecule has 1 aliphatic rings. The van der Waals surface area contributed by atoms with Crippen molar-refractivity contribution in [3.8, 4) is 0 Å². The van der Waals surface area contributed by atoms with Crippen LogP contribution in [0.15, 0.2) is 22.8 Å². The lowest BCUT2D eigenvalue weighted by molar-refractivity contribution is 0.255. The molecule has 15 heavy (non-hydrogen) atoms. The molecular formula is C11H12BrN3. The lowest BCUT2D eigenvalue weighted by atomic mass is 9.72. The average molecular weight is 266 g/mol. The molecular weight excluding hydrogens is 254 g/mol. The van der Waals surface area contributed by atoms with Gasteiger partial charge in [0.25, 0.3) is 0 Å². The Morgan fingerprint density at radius 1 is 1.40 bits per heavy atom. The minimum Gasteiger partial charge on any atom is -0.321 e. The van der Waals surface area contributed by atoms with Crippen LogP contribution >= 0.6 is 15.9 Å². The molecule has 0 radical (unpaired) electrons. The molecule has 4 heteroatoms. The number of halogens is 1. The first-order chi connectivity index (χ1) is 7.21. The Kier molecular flexibility index (Phi) is 1.91. The largest absolute Gasteiger partial charge is 0.321 e. The van der Waals surface area contributed by atoms with Crippen LogP contribution in [0.25, 0.3) is 10.9 Å². The Balaban J connectivity index is 2.26. The standard InChI is InChI=1S/C11H12BrN3/c12-10-7-3-1-4-8(9(7)14-15-10)11(13)5-2-6-11/h1,3-4H,2,5-6,13H2,(H,14,15). The number of benzene rings is 1. The summed E-state index contributed by atoms with van der Waals surface area (Å²) in [5, 5.41) is 8.38. The highest BCUT2D eigenvalue weighted by Gasteiger charge is 2.36. The number of aromatic amines is 1. The number of hydrogen-bond donors (Lipinski definition) is 2. The molecule has 1 fully saturated rings. The molecule has 1 saturated carbocycles. The third-order valence-corrected chi connectivity index (χ3v) is 3.93. The van der Waals surface area contributed by atoms with E-state index in [4.69, 9.17) is 5.73 Å². The quantitative estimate of drug-likeness (QED) is 0.833. The number of nitrogens with two attached hydrogens (primary N) is 1. The maximum absolute atomic E-state index is 6.33. The minimum absolute atomic E-state index is 0.145. The van der Waals surface area contributed by atoms with Gasteiger partial charge in [-0.2, -0.15) is 5.10 Å². The first kappa shape index (κ1) is 9.36.